The Morgan fingerprint density at radius 1 is 1.15 bits per heavy atom. The molecule has 2 fully saturated rings. The van der Waals surface area contributed by atoms with Crippen molar-refractivity contribution in [1.29, 1.82) is 0 Å². The van der Waals surface area contributed by atoms with E-state index in [4.69, 9.17) is 5.11 Å². The number of amides is 1. The van der Waals surface area contributed by atoms with Crippen LogP contribution in [0.5, 0.6) is 0 Å². The number of anilines is 1. The molecule has 4 rings (SSSR count). The fourth-order valence-electron chi connectivity index (χ4n) is 4.23. The van der Waals surface area contributed by atoms with Gasteiger partial charge < -0.3 is 14.9 Å². The topological polar surface area (TPSA) is 78.7 Å². The SMILES string of the molecule is O=C(C1CCCC1)N1CCN(c2ccc3c(=O)n(CCO)cnc3c2)CC1. The van der Waals surface area contributed by atoms with E-state index in [0.29, 0.717) is 16.8 Å². The van der Waals surface area contributed by atoms with E-state index in [9.17, 15) is 9.59 Å². The molecule has 0 unspecified atom stereocenters. The summed E-state index contributed by atoms with van der Waals surface area (Å²) in [6.07, 6.45) is 5.94. The molecule has 7 heteroatoms. The van der Waals surface area contributed by atoms with Crippen LogP contribution in [-0.2, 0) is 11.3 Å². The molecule has 1 N–H and O–H groups in total. The minimum absolute atomic E-state index is 0.0883. The molecule has 7 nitrogen and oxygen atoms in total. The molecular formula is C20H26N4O3. The Kier molecular flexibility index (Phi) is 5.11. The van der Waals surface area contributed by atoms with Crippen LogP contribution in [0.2, 0.25) is 0 Å². The van der Waals surface area contributed by atoms with Crippen molar-refractivity contribution in [3.63, 3.8) is 0 Å². The number of benzene rings is 1. The molecule has 2 aliphatic rings. The summed E-state index contributed by atoms with van der Waals surface area (Å²) < 4.78 is 1.43. The van der Waals surface area contributed by atoms with Gasteiger partial charge in [-0.1, -0.05) is 12.8 Å². The van der Waals surface area contributed by atoms with Gasteiger partial charge in [0.05, 0.1) is 30.4 Å². The fraction of sp³-hybridized carbons (Fsp3) is 0.550. The fourth-order valence-corrected chi connectivity index (χ4v) is 4.23. The van der Waals surface area contributed by atoms with Crippen molar-refractivity contribution in [2.45, 2.75) is 32.2 Å². The molecule has 1 aromatic heterocycles. The molecule has 0 radical (unpaired) electrons. The number of hydrogen-bond donors (Lipinski definition) is 1. The van der Waals surface area contributed by atoms with E-state index in [1.807, 2.05) is 23.1 Å². The van der Waals surface area contributed by atoms with Crippen LogP contribution in [0.15, 0.2) is 29.3 Å². The first-order valence-electron chi connectivity index (χ1n) is 9.81. The summed E-state index contributed by atoms with van der Waals surface area (Å²) in [6.45, 7) is 3.25. The van der Waals surface area contributed by atoms with Gasteiger partial charge in [0.1, 0.15) is 0 Å². The zero-order chi connectivity index (χ0) is 18.8. The van der Waals surface area contributed by atoms with Crippen molar-refractivity contribution in [2.75, 3.05) is 37.7 Å². The van der Waals surface area contributed by atoms with Crippen molar-refractivity contribution < 1.29 is 9.90 Å². The molecule has 1 aromatic carbocycles. The molecule has 2 heterocycles. The molecule has 1 aliphatic carbocycles. The summed E-state index contributed by atoms with van der Waals surface area (Å²) in [4.78, 5) is 33.6. The predicted octanol–water partition coefficient (Wildman–Crippen LogP) is 1.23. The van der Waals surface area contributed by atoms with Gasteiger partial charge >= 0.3 is 0 Å². The van der Waals surface area contributed by atoms with Crippen molar-refractivity contribution in [1.82, 2.24) is 14.5 Å². The molecular weight excluding hydrogens is 344 g/mol. The Hall–Kier alpha value is -2.41. The maximum Gasteiger partial charge on any atom is 0.261 e. The molecule has 27 heavy (non-hydrogen) atoms. The third kappa shape index (κ3) is 3.56. The largest absolute Gasteiger partial charge is 0.395 e. The first-order chi connectivity index (χ1) is 13.2. The van der Waals surface area contributed by atoms with Gasteiger partial charge in [-0.3, -0.25) is 14.2 Å². The molecule has 1 saturated heterocycles. The monoisotopic (exact) mass is 370 g/mol. The summed E-state index contributed by atoms with van der Waals surface area (Å²) in [6, 6.07) is 5.70. The number of hydrogen-bond acceptors (Lipinski definition) is 5. The van der Waals surface area contributed by atoms with Crippen LogP contribution in [0.3, 0.4) is 0 Å². The second-order valence-electron chi connectivity index (χ2n) is 7.46. The predicted molar refractivity (Wildman–Crippen MR) is 104 cm³/mol. The summed E-state index contributed by atoms with van der Waals surface area (Å²) in [5, 5.41) is 9.60. The van der Waals surface area contributed by atoms with Crippen molar-refractivity contribution >= 4 is 22.5 Å². The van der Waals surface area contributed by atoms with E-state index >= 15 is 0 Å². The first-order valence-corrected chi connectivity index (χ1v) is 9.81. The van der Waals surface area contributed by atoms with Crippen molar-refractivity contribution in [2.24, 2.45) is 5.92 Å². The minimum atomic E-state index is -0.132. The lowest BCUT2D eigenvalue weighted by atomic mass is 10.1. The second kappa shape index (κ2) is 7.68. The number of carbonyl (C=O) groups excluding carboxylic acids is 1. The molecule has 0 spiro atoms. The number of aliphatic hydroxyl groups is 1. The number of rotatable bonds is 4. The van der Waals surface area contributed by atoms with Crippen LogP contribution in [0, 0.1) is 5.92 Å². The maximum absolute atomic E-state index is 12.6. The average molecular weight is 370 g/mol. The Bertz CT molecular complexity index is 880. The van der Waals surface area contributed by atoms with Crippen molar-refractivity contribution in [3.8, 4) is 0 Å². The molecule has 0 atom stereocenters. The van der Waals surface area contributed by atoms with E-state index in [0.717, 1.165) is 44.7 Å². The second-order valence-corrected chi connectivity index (χ2v) is 7.46. The lowest BCUT2D eigenvalue weighted by Gasteiger charge is -2.37. The molecule has 2 aromatic rings. The zero-order valence-electron chi connectivity index (χ0n) is 15.5. The van der Waals surface area contributed by atoms with Crippen LogP contribution in [-0.4, -0.2) is 58.3 Å². The Balaban J connectivity index is 1.46. The Labute approximate surface area is 158 Å². The molecule has 144 valence electrons. The third-order valence-corrected chi connectivity index (χ3v) is 5.81. The van der Waals surface area contributed by atoms with Gasteiger partial charge in [0.25, 0.3) is 5.56 Å². The highest BCUT2D eigenvalue weighted by Gasteiger charge is 2.29. The van der Waals surface area contributed by atoms with Gasteiger partial charge in [-0.15, -0.1) is 0 Å². The number of piperazine rings is 1. The number of aromatic nitrogens is 2. The van der Waals surface area contributed by atoms with Crippen LogP contribution in [0.1, 0.15) is 25.7 Å². The third-order valence-electron chi connectivity index (χ3n) is 5.81. The van der Waals surface area contributed by atoms with E-state index in [2.05, 4.69) is 9.88 Å². The maximum atomic E-state index is 12.6. The molecule has 1 aliphatic heterocycles. The standard InChI is InChI=1S/C20H26N4O3/c25-12-11-24-14-21-18-13-16(5-6-17(18)20(24)27)22-7-9-23(10-8-22)19(26)15-3-1-2-4-15/h5-6,13-15,25H,1-4,7-12H2. The average Bonchev–Trinajstić information content (AvgIpc) is 3.24. The van der Waals surface area contributed by atoms with E-state index in [1.165, 1.54) is 23.7 Å². The quantitative estimate of drug-likeness (QED) is 0.876. The lowest BCUT2D eigenvalue weighted by molar-refractivity contribution is -0.135. The Morgan fingerprint density at radius 2 is 1.89 bits per heavy atom. The lowest BCUT2D eigenvalue weighted by Crippen LogP contribution is -2.50. The number of fused-ring (bicyclic) bond motifs is 1. The molecule has 1 amide bonds. The van der Waals surface area contributed by atoms with Gasteiger partial charge in [0.2, 0.25) is 5.91 Å². The van der Waals surface area contributed by atoms with Crippen LogP contribution < -0.4 is 10.5 Å². The van der Waals surface area contributed by atoms with E-state index < -0.39 is 0 Å². The van der Waals surface area contributed by atoms with Crippen LogP contribution >= 0.6 is 0 Å². The van der Waals surface area contributed by atoms with Gasteiger partial charge in [-0.25, -0.2) is 4.98 Å². The number of aliphatic hydroxyl groups excluding tert-OH is 1. The highest BCUT2D eigenvalue weighted by Crippen LogP contribution is 2.27. The highest BCUT2D eigenvalue weighted by molar-refractivity contribution is 5.82. The van der Waals surface area contributed by atoms with Crippen LogP contribution in [0.25, 0.3) is 10.9 Å². The van der Waals surface area contributed by atoms with Crippen molar-refractivity contribution in [3.05, 3.63) is 34.9 Å². The van der Waals surface area contributed by atoms with Gasteiger partial charge in [-0.05, 0) is 31.0 Å². The normalized spacial score (nSPS) is 18.4. The number of carbonyl (C=O) groups is 1. The van der Waals surface area contributed by atoms with E-state index in [-0.39, 0.29) is 24.6 Å². The molecule has 0 bridgehead atoms. The summed E-state index contributed by atoms with van der Waals surface area (Å²) in [5.41, 5.74) is 1.56. The van der Waals surface area contributed by atoms with E-state index in [1.54, 1.807) is 0 Å². The zero-order valence-corrected chi connectivity index (χ0v) is 15.5. The van der Waals surface area contributed by atoms with Crippen LogP contribution in [0.4, 0.5) is 5.69 Å². The summed E-state index contributed by atoms with van der Waals surface area (Å²) in [7, 11) is 0. The summed E-state index contributed by atoms with van der Waals surface area (Å²) >= 11 is 0. The van der Waals surface area contributed by atoms with Gasteiger partial charge in [-0.2, -0.15) is 0 Å². The van der Waals surface area contributed by atoms with Gasteiger partial charge in [0.15, 0.2) is 0 Å². The Morgan fingerprint density at radius 3 is 2.59 bits per heavy atom. The molecule has 1 saturated carbocycles. The first kappa shape index (κ1) is 18.0. The smallest absolute Gasteiger partial charge is 0.261 e. The summed E-state index contributed by atoms with van der Waals surface area (Å²) in [5.74, 6) is 0.569. The highest BCUT2D eigenvalue weighted by atomic mass is 16.3. The minimum Gasteiger partial charge on any atom is -0.395 e. The number of nitrogens with zero attached hydrogens (tertiary/aromatic N) is 4. The van der Waals surface area contributed by atoms with Gasteiger partial charge in [0, 0.05) is 37.8 Å².